The molecule has 0 saturated heterocycles. The van der Waals surface area contributed by atoms with Crippen LogP contribution in [0, 0.1) is 11.7 Å². The maximum atomic E-state index is 14.0. The summed E-state index contributed by atoms with van der Waals surface area (Å²) in [5, 5.41) is 0.671. The lowest BCUT2D eigenvalue weighted by atomic mass is 10.0. The Balaban J connectivity index is 1.99. The molecule has 4 rings (SSSR count). The van der Waals surface area contributed by atoms with Crippen molar-refractivity contribution in [2.75, 3.05) is 12.9 Å². The van der Waals surface area contributed by atoms with Gasteiger partial charge in [-0.25, -0.2) is 12.8 Å². The zero-order valence-corrected chi connectivity index (χ0v) is 17.4. The lowest BCUT2D eigenvalue weighted by molar-refractivity contribution is 0.300. The summed E-state index contributed by atoms with van der Waals surface area (Å²) < 4.78 is 45.9. The van der Waals surface area contributed by atoms with Gasteiger partial charge >= 0.3 is 0 Å². The Morgan fingerprint density at radius 3 is 2.50 bits per heavy atom. The molecule has 0 atom stereocenters. The third-order valence-corrected chi connectivity index (χ3v) is 5.82. The number of fused-ring (bicyclic) bond motifs is 1. The summed E-state index contributed by atoms with van der Waals surface area (Å²) in [5.41, 5.74) is 0.0821. The Labute approximate surface area is 172 Å². The van der Waals surface area contributed by atoms with Gasteiger partial charge in [0.2, 0.25) is 0 Å². The lowest BCUT2D eigenvalue weighted by Gasteiger charge is -2.16. The number of aryl methyl sites for hydroxylation is 1. The molecule has 0 spiro atoms. The molecular weight excluding hydrogens is 411 g/mol. The van der Waals surface area contributed by atoms with Crippen LogP contribution in [-0.4, -0.2) is 30.4 Å². The second kappa shape index (κ2) is 7.39. The fraction of sp³-hybridized carbons (Fsp3) is 0.333. The van der Waals surface area contributed by atoms with E-state index in [-0.39, 0.29) is 11.3 Å². The number of hydrogen-bond donors (Lipinski definition) is 0. The van der Waals surface area contributed by atoms with Gasteiger partial charge in [-0.15, -0.1) is 0 Å². The summed E-state index contributed by atoms with van der Waals surface area (Å²) in [6.07, 6.45) is 6.07. The predicted octanol–water partition coefficient (Wildman–Crippen LogP) is 2.30. The van der Waals surface area contributed by atoms with Crippen LogP contribution in [0.4, 0.5) is 4.39 Å². The van der Waals surface area contributed by atoms with Crippen molar-refractivity contribution >= 4 is 20.6 Å². The first-order valence-electron chi connectivity index (χ1n) is 9.46. The Hall–Kier alpha value is -2.94. The Bertz CT molecular complexity index is 1370. The molecule has 9 heteroatoms. The van der Waals surface area contributed by atoms with E-state index in [0.717, 1.165) is 23.7 Å². The average molecular weight is 432 g/mol. The molecule has 1 aromatic carbocycles. The number of pyridine rings is 2. The molecule has 2 heterocycles. The highest BCUT2D eigenvalue weighted by atomic mass is 32.2. The third-order valence-electron chi connectivity index (χ3n) is 5.07. The molecule has 1 fully saturated rings. The highest BCUT2D eigenvalue weighted by molar-refractivity contribution is 7.89. The van der Waals surface area contributed by atoms with Crippen molar-refractivity contribution in [2.24, 2.45) is 13.0 Å². The maximum absolute atomic E-state index is 14.0. The molecule has 0 aliphatic heterocycles. The first-order chi connectivity index (χ1) is 14.1. The summed E-state index contributed by atoms with van der Waals surface area (Å²) in [6.45, 7) is 0.431. The molecule has 2 aromatic heterocycles. The molecule has 0 amide bonds. The number of halogens is 1. The zero-order valence-electron chi connectivity index (χ0n) is 16.6. The molecule has 0 radical (unpaired) electrons. The number of ether oxygens (including phenoxy) is 1. The minimum absolute atomic E-state index is 0.279. The van der Waals surface area contributed by atoms with E-state index in [4.69, 9.17) is 4.74 Å². The number of hydrogen-bond acceptors (Lipinski definition) is 5. The van der Waals surface area contributed by atoms with E-state index in [9.17, 15) is 22.4 Å². The molecule has 0 unspecified atom stereocenters. The monoisotopic (exact) mass is 432 g/mol. The molecule has 0 bridgehead atoms. The number of aromatic nitrogens is 2. The van der Waals surface area contributed by atoms with Crippen LogP contribution in [-0.2, 0) is 22.8 Å². The lowest BCUT2D eigenvalue weighted by Crippen LogP contribution is -2.24. The van der Waals surface area contributed by atoms with Gasteiger partial charge < -0.3 is 9.30 Å². The SMILES string of the molecule is Cn1cc(-c2cn(CS(C)(=O)=O)c(=O)cc2OCC2CC2)c2cc(F)ccc2c1=O. The minimum atomic E-state index is -3.48. The smallest absolute Gasteiger partial charge is 0.258 e. The molecule has 1 aliphatic carbocycles. The van der Waals surface area contributed by atoms with E-state index in [2.05, 4.69) is 0 Å². The standard InChI is InChI=1S/C21H21FN2O5S/c1-23-9-17(16-7-14(22)5-6-15(16)21(23)26)18-10-24(12-30(2,27)28)20(25)8-19(18)29-11-13-3-4-13/h5-10,13H,3-4,11-12H2,1-2H3. The summed E-state index contributed by atoms with van der Waals surface area (Å²) in [4.78, 5) is 25.0. The normalized spacial score (nSPS) is 14.2. The van der Waals surface area contributed by atoms with Crippen LogP contribution in [0.25, 0.3) is 21.9 Å². The van der Waals surface area contributed by atoms with Crippen molar-refractivity contribution in [2.45, 2.75) is 18.7 Å². The first kappa shape index (κ1) is 20.3. The third kappa shape index (κ3) is 4.16. The van der Waals surface area contributed by atoms with Crippen LogP contribution in [0.3, 0.4) is 0 Å². The van der Waals surface area contributed by atoms with Gasteiger partial charge in [-0.3, -0.25) is 14.2 Å². The van der Waals surface area contributed by atoms with Crippen molar-refractivity contribution in [1.29, 1.82) is 0 Å². The van der Waals surface area contributed by atoms with E-state index in [1.807, 2.05) is 0 Å². The summed E-state index contributed by atoms with van der Waals surface area (Å²) in [7, 11) is -1.91. The molecule has 7 nitrogen and oxygen atoms in total. The number of rotatable bonds is 6. The Kier molecular flexibility index (Phi) is 5.01. The van der Waals surface area contributed by atoms with Gasteiger partial charge in [-0.1, -0.05) is 0 Å². The van der Waals surface area contributed by atoms with Gasteiger partial charge in [0, 0.05) is 48.3 Å². The second-order valence-corrected chi connectivity index (χ2v) is 9.93. The van der Waals surface area contributed by atoms with E-state index >= 15 is 0 Å². The number of benzene rings is 1. The molecule has 0 N–H and O–H groups in total. The van der Waals surface area contributed by atoms with Gasteiger partial charge in [0.15, 0.2) is 9.84 Å². The highest BCUT2D eigenvalue weighted by Crippen LogP contribution is 2.35. The van der Waals surface area contributed by atoms with Crippen LogP contribution in [0.5, 0.6) is 5.75 Å². The summed E-state index contributed by atoms with van der Waals surface area (Å²) in [5.74, 6) is -0.312. The van der Waals surface area contributed by atoms with Crippen LogP contribution in [0.2, 0.25) is 0 Å². The predicted molar refractivity (Wildman–Crippen MR) is 112 cm³/mol. The molecule has 1 saturated carbocycles. The van der Waals surface area contributed by atoms with Gasteiger partial charge in [-0.2, -0.15) is 0 Å². The van der Waals surface area contributed by atoms with Gasteiger partial charge in [0.05, 0.1) is 6.61 Å². The van der Waals surface area contributed by atoms with E-state index < -0.39 is 27.1 Å². The van der Waals surface area contributed by atoms with Gasteiger partial charge in [0.1, 0.15) is 17.4 Å². The highest BCUT2D eigenvalue weighted by Gasteiger charge is 2.24. The first-order valence-corrected chi connectivity index (χ1v) is 11.5. The number of nitrogens with zero attached hydrogens (tertiary/aromatic N) is 2. The average Bonchev–Trinajstić information content (AvgIpc) is 3.48. The van der Waals surface area contributed by atoms with Gasteiger partial charge in [-0.05, 0) is 42.3 Å². The summed E-state index contributed by atoms with van der Waals surface area (Å²) >= 11 is 0. The fourth-order valence-corrected chi connectivity index (χ4v) is 4.08. The second-order valence-electron chi connectivity index (χ2n) is 7.82. The quantitative estimate of drug-likeness (QED) is 0.597. The fourth-order valence-electron chi connectivity index (χ4n) is 3.38. The van der Waals surface area contributed by atoms with Crippen LogP contribution in [0.15, 0.2) is 46.2 Å². The topological polar surface area (TPSA) is 87.4 Å². The Morgan fingerprint density at radius 1 is 1.10 bits per heavy atom. The minimum Gasteiger partial charge on any atom is -0.492 e. The summed E-state index contributed by atoms with van der Waals surface area (Å²) in [6, 6.07) is 5.12. The van der Waals surface area contributed by atoms with Crippen molar-refractivity contribution in [3.05, 3.63) is 63.2 Å². The van der Waals surface area contributed by atoms with Gasteiger partial charge in [0.25, 0.3) is 11.1 Å². The Morgan fingerprint density at radius 2 is 1.83 bits per heavy atom. The van der Waals surface area contributed by atoms with Crippen LogP contribution in [0.1, 0.15) is 12.8 Å². The van der Waals surface area contributed by atoms with Crippen LogP contribution < -0.4 is 15.9 Å². The molecule has 3 aromatic rings. The largest absolute Gasteiger partial charge is 0.492 e. The van der Waals surface area contributed by atoms with Crippen molar-refractivity contribution in [3.63, 3.8) is 0 Å². The maximum Gasteiger partial charge on any atom is 0.258 e. The van der Waals surface area contributed by atoms with E-state index in [1.54, 1.807) is 13.2 Å². The van der Waals surface area contributed by atoms with Crippen molar-refractivity contribution in [1.82, 2.24) is 9.13 Å². The van der Waals surface area contributed by atoms with Crippen molar-refractivity contribution in [3.8, 4) is 16.9 Å². The van der Waals surface area contributed by atoms with Crippen LogP contribution >= 0.6 is 0 Å². The van der Waals surface area contributed by atoms with E-state index in [0.29, 0.717) is 34.4 Å². The molecular formula is C21H21FN2O5S. The molecule has 30 heavy (non-hydrogen) atoms. The molecule has 1 aliphatic rings. The van der Waals surface area contributed by atoms with Crippen molar-refractivity contribution < 1.29 is 17.5 Å². The zero-order chi connectivity index (χ0) is 21.6. The number of sulfone groups is 1. The molecule has 158 valence electrons. The van der Waals surface area contributed by atoms with E-state index in [1.165, 1.54) is 35.0 Å².